The summed E-state index contributed by atoms with van der Waals surface area (Å²) in [7, 11) is 1.12. The molecule has 18 rings (SSSR count). The molecule has 0 spiro atoms. The Balaban J connectivity index is 0.000000234. The van der Waals surface area contributed by atoms with E-state index >= 15 is 0 Å². The van der Waals surface area contributed by atoms with E-state index in [0.29, 0.717) is 10.5 Å². The van der Waals surface area contributed by atoms with Gasteiger partial charge in [0.15, 0.2) is 0 Å². The summed E-state index contributed by atoms with van der Waals surface area (Å²) in [5, 5.41) is 36.9. The summed E-state index contributed by atoms with van der Waals surface area (Å²) in [5.41, 5.74) is 8.96. The molecule has 0 aliphatic rings. The standard InChI is InChI=1S/4C18H15P.C13H9Br2Cl.C13H10BrCl.C7H6BrI.C6H6BClO2.BHNS.Ba.2H2O.Pd/c4*1-4-10-16(11-5-1)19(17-12-6-2-7-13-17)18-14-8-3-9-15-18;14-8-10-6-11(15)4-5-13(10)9-2-1-3-12(16)7-9;1-9-7-11(14)5-6-13(9)10-3-2-4-12(15)8-10;1-5-4-6(8)2-3-7(5)9;8-6-3-1-2-5(4-6)7(9)10;1-2-3;;;;/h4*1-15H;1-7H,8H2;2-8H,1H3;2-4H,1H3;1-4,9-10H;3H;;2*1H2;/q;;;;;;;;;+2;;;/p-2. The Hall–Kier alpha value is -6.45. The summed E-state index contributed by atoms with van der Waals surface area (Å²) in [6.45, 7) is 4.20. The van der Waals surface area contributed by atoms with Gasteiger partial charge in [-0.25, -0.2) is 0 Å². The van der Waals surface area contributed by atoms with Crippen LogP contribution >= 0.6 is 166 Å². The summed E-state index contributed by atoms with van der Waals surface area (Å²) < 4.78 is 7.36. The van der Waals surface area contributed by atoms with E-state index in [0.717, 1.165) is 39.9 Å². The van der Waals surface area contributed by atoms with Crippen molar-refractivity contribution >= 4 is 298 Å². The van der Waals surface area contributed by atoms with Gasteiger partial charge >= 0.3 is 80.8 Å². The van der Waals surface area contributed by atoms with E-state index in [1.54, 1.807) is 18.2 Å². The van der Waals surface area contributed by atoms with Crippen molar-refractivity contribution < 1.29 is 41.4 Å². The van der Waals surface area contributed by atoms with E-state index in [9.17, 15) is 0 Å². The molecule has 0 aliphatic carbocycles. The van der Waals surface area contributed by atoms with Crippen LogP contribution in [0.25, 0.3) is 22.3 Å². The van der Waals surface area contributed by atoms with E-state index in [1.165, 1.54) is 101 Å². The summed E-state index contributed by atoms with van der Waals surface area (Å²) in [5.74, 6) is 0. The van der Waals surface area contributed by atoms with Gasteiger partial charge in [-0.2, -0.15) is 0 Å². The van der Waals surface area contributed by atoms with Gasteiger partial charge in [0.1, 0.15) is 0 Å². The van der Waals surface area contributed by atoms with Gasteiger partial charge in [-0.05, 0) is 255 Å². The van der Waals surface area contributed by atoms with E-state index in [2.05, 4.69) is 543 Å². The molecular formula is C111H94B2BaBr4Cl3INO4P4PdS. The van der Waals surface area contributed by atoms with Gasteiger partial charge in [0.05, 0.1) is 0 Å². The Bertz CT molecular complexity index is 5440. The summed E-state index contributed by atoms with van der Waals surface area (Å²) in [6.07, 6.45) is 0. The van der Waals surface area contributed by atoms with Gasteiger partial charge in [0.25, 0.3) is 0 Å². The van der Waals surface area contributed by atoms with Gasteiger partial charge in [-0.15, -0.1) is 0 Å². The van der Waals surface area contributed by atoms with Gasteiger partial charge in [0.2, 0.25) is 0 Å². The Labute approximate surface area is 913 Å². The molecule has 0 aromatic heterocycles. The monoisotopic (exact) mass is 2470 g/mol. The van der Waals surface area contributed by atoms with E-state index in [4.69, 9.17) is 44.9 Å². The zero-order chi connectivity index (χ0) is 91.2. The van der Waals surface area contributed by atoms with Gasteiger partial charge in [-0.3, -0.25) is 0 Å². The minimum Gasteiger partial charge on any atom is -0.870 e. The molecule has 0 unspecified atom stereocenters. The SMILES string of the molecule is Cc1cc(Br)ccc1-c1cccc(Cl)c1.Cc1cc(Br)ccc1I.Clc1cccc(-c2ccc(Br)cc2CBr)c1.OB(O)c1cccc(Cl)c1.[B]=NS.[Ba+2].[OH-].[OH-].[Pd].c1ccc(P(c2ccccc2)c2ccccc2)cc1.c1ccc(P(c2ccccc2)c2ccccc2)cc1.c1ccc(P(c2ccccc2)c2ccccc2)cc1.c1ccc(P(c2ccccc2)c2ccccc2)cc1. The summed E-state index contributed by atoms with van der Waals surface area (Å²) in [6, 6.07) is 170. The molecule has 4 N–H and O–H groups in total. The Kier molecular flexibility index (Phi) is 56.7. The Morgan fingerprint density at radius 2 is 0.511 bits per heavy atom. The van der Waals surface area contributed by atoms with Crippen LogP contribution in [0.15, 0.2) is 509 Å². The molecule has 0 bridgehead atoms. The number of alkyl halides is 1. The third kappa shape index (κ3) is 39.4. The maximum atomic E-state index is 8.65. The molecule has 18 aromatic carbocycles. The number of benzene rings is 18. The maximum Gasteiger partial charge on any atom is 2.00 e. The first kappa shape index (κ1) is 115. The topological polar surface area (TPSA) is 113 Å². The Morgan fingerprint density at radius 3 is 0.714 bits per heavy atom. The van der Waals surface area contributed by atoms with Crippen LogP contribution in [0.3, 0.4) is 0 Å². The van der Waals surface area contributed by atoms with Gasteiger partial charge < -0.3 is 21.0 Å². The fourth-order valence-corrected chi connectivity index (χ4v) is 25.2. The number of hydrogen-bond acceptors (Lipinski definition) is 6. The van der Waals surface area contributed by atoms with Crippen LogP contribution in [0.2, 0.25) is 15.1 Å². The molecule has 0 atom stereocenters. The van der Waals surface area contributed by atoms with Crippen molar-refractivity contribution in [1.82, 2.24) is 0 Å². The fraction of sp³-hybridized carbons (Fsp3) is 0.0270. The van der Waals surface area contributed by atoms with Gasteiger partial charge in [-0.1, -0.05) is 511 Å². The third-order valence-electron chi connectivity index (χ3n) is 19.1. The molecule has 1 radical (unpaired) electrons. The average Bonchev–Trinajstić information content (AvgIpc) is 0.818. The molecule has 0 heterocycles. The minimum absolute atomic E-state index is 0. The van der Waals surface area contributed by atoms with Crippen molar-refractivity contribution in [2.75, 3.05) is 0 Å². The van der Waals surface area contributed by atoms with Crippen LogP contribution in [0.1, 0.15) is 16.7 Å². The fourth-order valence-electron chi connectivity index (χ4n) is 13.2. The number of rotatable bonds is 16. The Morgan fingerprint density at radius 1 is 0.301 bits per heavy atom. The number of thiol groups is 1. The normalized spacial score (nSPS) is 9.92. The molecule has 0 fully saturated rings. The van der Waals surface area contributed by atoms with Crippen molar-refractivity contribution in [3.05, 3.63) is 540 Å². The third-order valence-corrected chi connectivity index (χ3v) is 32.9. The van der Waals surface area contributed by atoms with Crippen molar-refractivity contribution in [2.45, 2.75) is 19.2 Å². The molecule has 18 aromatic rings. The van der Waals surface area contributed by atoms with Crippen molar-refractivity contribution in [2.24, 2.45) is 4.30 Å². The first-order valence-corrected chi connectivity index (χ1v) is 52.5. The number of nitrogens with zero attached hydrogens (tertiary/aromatic N) is 1. The largest absolute Gasteiger partial charge is 2.00 e. The number of aryl methyl sites for hydroxylation is 2. The quantitative estimate of drug-likeness (QED) is 0.0294. The molecule has 5 nitrogen and oxygen atoms in total. The average molecular weight is 2480 g/mol. The molecule has 0 amide bonds. The van der Waals surface area contributed by atoms with Crippen LogP contribution in [0.5, 0.6) is 0 Å². The summed E-state index contributed by atoms with van der Waals surface area (Å²) in [4.78, 5) is 0. The number of hydrogen-bond donors (Lipinski definition) is 3. The predicted octanol–water partition coefficient (Wildman–Crippen LogP) is 27.3. The smallest absolute Gasteiger partial charge is 0.870 e. The molecule has 667 valence electrons. The van der Waals surface area contributed by atoms with Crippen LogP contribution in [-0.2, 0) is 25.8 Å². The van der Waals surface area contributed by atoms with Crippen molar-refractivity contribution in [3.63, 3.8) is 0 Å². The minimum atomic E-state index is -1.43. The zero-order valence-electron chi connectivity index (χ0n) is 72.6. The van der Waals surface area contributed by atoms with Gasteiger partial charge in [0, 0.05) is 57.8 Å². The van der Waals surface area contributed by atoms with Crippen LogP contribution in [-0.4, -0.2) is 84.6 Å². The first-order valence-electron chi connectivity index (χ1n) is 41.0. The van der Waals surface area contributed by atoms with E-state index in [1.807, 2.05) is 48.5 Å². The number of halogens is 8. The predicted molar refractivity (Wildman–Crippen MR) is 607 cm³/mol. The second-order valence-corrected chi connectivity index (χ2v) is 43.1. The molecule has 22 heteroatoms. The van der Waals surface area contributed by atoms with Crippen molar-refractivity contribution in [1.29, 1.82) is 0 Å². The second kappa shape index (κ2) is 65.4. The maximum absolute atomic E-state index is 8.65. The van der Waals surface area contributed by atoms with Crippen LogP contribution in [0.4, 0.5) is 0 Å². The van der Waals surface area contributed by atoms with Crippen LogP contribution < -0.4 is 69.1 Å². The molecule has 0 saturated heterocycles. The van der Waals surface area contributed by atoms with E-state index in [-0.39, 0.29) is 80.3 Å². The second-order valence-electron chi connectivity index (χ2n) is 28.2. The molecule has 0 aliphatic heterocycles. The summed E-state index contributed by atoms with van der Waals surface area (Å²) >= 11 is 36.9. The first-order chi connectivity index (χ1) is 63.0. The zero-order valence-corrected chi connectivity index (χ0v) is 93.9. The molecular weight excluding hydrogens is 2390 g/mol. The van der Waals surface area contributed by atoms with Crippen molar-refractivity contribution in [3.8, 4) is 22.3 Å². The van der Waals surface area contributed by atoms with Crippen LogP contribution in [0, 0.1) is 17.4 Å². The molecule has 133 heavy (non-hydrogen) atoms. The molecule has 0 saturated carbocycles. The van der Waals surface area contributed by atoms with E-state index < -0.39 is 38.8 Å².